The minimum Gasteiger partial charge on any atom is -0.382 e. The van der Waals surface area contributed by atoms with Crippen molar-refractivity contribution in [2.24, 2.45) is 10.8 Å². The number of para-hydroxylation sites is 1. The van der Waals surface area contributed by atoms with Crippen molar-refractivity contribution in [1.29, 1.82) is 0 Å². The van der Waals surface area contributed by atoms with E-state index in [1.165, 1.54) is 0 Å². The van der Waals surface area contributed by atoms with Crippen LogP contribution in [0, 0.1) is 0 Å². The van der Waals surface area contributed by atoms with Crippen molar-refractivity contribution >= 4 is 23.2 Å². The van der Waals surface area contributed by atoms with E-state index in [9.17, 15) is 0 Å². The van der Waals surface area contributed by atoms with Gasteiger partial charge in [0.2, 0.25) is 5.96 Å². The van der Waals surface area contributed by atoms with Gasteiger partial charge in [0, 0.05) is 19.8 Å². The zero-order chi connectivity index (χ0) is 13.2. The van der Waals surface area contributed by atoms with Crippen molar-refractivity contribution in [2.75, 3.05) is 25.1 Å². The van der Waals surface area contributed by atoms with Gasteiger partial charge in [-0.3, -0.25) is 10.4 Å². The van der Waals surface area contributed by atoms with Crippen LogP contribution in [-0.4, -0.2) is 25.7 Å². The van der Waals surface area contributed by atoms with Crippen LogP contribution < -0.4 is 16.6 Å². The highest BCUT2D eigenvalue weighted by molar-refractivity contribution is 6.33. The highest BCUT2D eigenvalue weighted by atomic mass is 35.5. The molecule has 0 aliphatic carbocycles. The van der Waals surface area contributed by atoms with E-state index >= 15 is 0 Å². The summed E-state index contributed by atoms with van der Waals surface area (Å²) in [6.07, 6.45) is 0.850. The van der Waals surface area contributed by atoms with Crippen molar-refractivity contribution in [2.45, 2.75) is 13.3 Å². The number of ether oxygens (including phenoxy) is 1. The van der Waals surface area contributed by atoms with Crippen molar-refractivity contribution in [3.63, 3.8) is 0 Å². The van der Waals surface area contributed by atoms with E-state index in [1.807, 2.05) is 25.1 Å². The standard InChI is InChI=1S/C12H19ClN4O/c1-2-18-9-5-8-15-12(17-14)16-11-7-4-3-6-10(11)13/h3-4,6-7H,2,5,8-9,14H2,1H3,(H2,15,16,17). The maximum Gasteiger partial charge on any atom is 0.210 e. The molecule has 18 heavy (non-hydrogen) atoms. The number of rotatable bonds is 6. The molecule has 0 fully saturated rings. The molecule has 0 spiro atoms. The molecule has 0 amide bonds. The summed E-state index contributed by atoms with van der Waals surface area (Å²) in [4.78, 5) is 4.28. The molecule has 0 saturated carbocycles. The second-order valence-electron chi connectivity index (χ2n) is 3.53. The average Bonchev–Trinajstić information content (AvgIpc) is 2.39. The Bertz CT molecular complexity index is 384. The summed E-state index contributed by atoms with van der Waals surface area (Å²) in [6.45, 7) is 4.03. The number of nitrogens with one attached hydrogen (secondary N) is 2. The van der Waals surface area contributed by atoms with Crippen molar-refractivity contribution in [3.05, 3.63) is 29.3 Å². The lowest BCUT2D eigenvalue weighted by Gasteiger charge is -2.10. The van der Waals surface area contributed by atoms with Crippen LogP contribution in [0.15, 0.2) is 29.3 Å². The minimum absolute atomic E-state index is 0.486. The van der Waals surface area contributed by atoms with Gasteiger partial charge in [-0.1, -0.05) is 23.7 Å². The van der Waals surface area contributed by atoms with Crippen LogP contribution in [0.4, 0.5) is 5.69 Å². The molecule has 1 aromatic carbocycles. The zero-order valence-electron chi connectivity index (χ0n) is 10.4. The van der Waals surface area contributed by atoms with Gasteiger partial charge >= 0.3 is 0 Å². The van der Waals surface area contributed by atoms with Gasteiger partial charge in [0.05, 0.1) is 10.7 Å². The van der Waals surface area contributed by atoms with Crippen molar-refractivity contribution in [1.82, 2.24) is 5.43 Å². The van der Waals surface area contributed by atoms with E-state index in [4.69, 9.17) is 22.2 Å². The summed E-state index contributed by atoms with van der Waals surface area (Å²) in [5.41, 5.74) is 3.27. The Morgan fingerprint density at radius 1 is 1.44 bits per heavy atom. The molecule has 0 bridgehead atoms. The maximum absolute atomic E-state index is 6.02. The van der Waals surface area contributed by atoms with Gasteiger partial charge in [0.15, 0.2) is 0 Å². The molecule has 1 aromatic rings. The van der Waals surface area contributed by atoms with E-state index < -0.39 is 0 Å². The van der Waals surface area contributed by atoms with Crippen molar-refractivity contribution in [3.8, 4) is 0 Å². The Morgan fingerprint density at radius 2 is 2.22 bits per heavy atom. The van der Waals surface area contributed by atoms with Gasteiger partial charge in [0.25, 0.3) is 0 Å². The SMILES string of the molecule is CCOCCCN=C(NN)Nc1ccccc1Cl. The number of aliphatic imine (C=N–C) groups is 1. The fourth-order valence-corrected chi connectivity index (χ4v) is 1.50. The van der Waals surface area contributed by atoms with E-state index in [-0.39, 0.29) is 0 Å². The van der Waals surface area contributed by atoms with Gasteiger partial charge in [-0.15, -0.1) is 0 Å². The van der Waals surface area contributed by atoms with Crippen molar-refractivity contribution < 1.29 is 4.74 Å². The summed E-state index contributed by atoms with van der Waals surface area (Å²) in [5, 5.41) is 3.65. The molecule has 0 radical (unpaired) electrons. The molecule has 0 aromatic heterocycles. The molecule has 4 N–H and O–H groups in total. The lowest BCUT2D eigenvalue weighted by atomic mass is 10.3. The molecule has 0 aliphatic rings. The Balaban J connectivity index is 2.46. The minimum atomic E-state index is 0.486. The van der Waals surface area contributed by atoms with Crippen LogP contribution in [0.3, 0.4) is 0 Å². The van der Waals surface area contributed by atoms with Crippen LogP contribution in [0.2, 0.25) is 5.02 Å². The summed E-state index contributed by atoms with van der Waals surface area (Å²) in [7, 11) is 0. The molecule has 1 rings (SSSR count). The number of halogens is 1. The molecular formula is C12H19ClN4O. The number of guanidine groups is 1. The first-order chi connectivity index (χ1) is 8.77. The zero-order valence-corrected chi connectivity index (χ0v) is 11.2. The quantitative estimate of drug-likeness (QED) is 0.243. The van der Waals surface area contributed by atoms with Crippen LogP contribution in [0.5, 0.6) is 0 Å². The molecular weight excluding hydrogens is 252 g/mol. The third kappa shape index (κ3) is 5.35. The second kappa shape index (κ2) is 8.74. The molecule has 5 nitrogen and oxygen atoms in total. The second-order valence-corrected chi connectivity index (χ2v) is 3.94. The molecule has 0 unspecified atom stereocenters. The summed E-state index contributed by atoms with van der Waals surface area (Å²) < 4.78 is 5.22. The topological polar surface area (TPSA) is 71.7 Å². The van der Waals surface area contributed by atoms with E-state index in [2.05, 4.69) is 15.7 Å². The lowest BCUT2D eigenvalue weighted by Crippen LogP contribution is -2.36. The Hall–Kier alpha value is -1.30. The number of nitrogens with two attached hydrogens (primary N) is 1. The molecule has 0 aliphatic heterocycles. The largest absolute Gasteiger partial charge is 0.382 e. The highest BCUT2D eigenvalue weighted by Gasteiger charge is 2.01. The predicted octanol–water partition coefficient (Wildman–Crippen LogP) is 2.00. The smallest absolute Gasteiger partial charge is 0.210 e. The van der Waals surface area contributed by atoms with Crippen LogP contribution >= 0.6 is 11.6 Å². The van der Waals surface area contributed by atoms with Gasteiger partial charge in [-0.25, -0.2) is 5.84 Å². The Labute approximate surface area is 112 Å². The first-order valence-electron chi connectivity index (χ1n) is 5.88. The maximum atomic E-state index is 6.02. The summed E-state index contributed by atoms with van der Waals surface area (Å²) in [6, 6.07) is 7.40. The Morgan fingerprint density at radius 3 is 2.89 bits per heavy atom. The number of hydrogen-bond donors (Lipinski definition) is 3. The predicted molar refractivity (Wildman–Crippen MR) is 75.8 cm³/mol. The number of anilines is 1. The highest BCUT2D eigenvalue weighted by Crippen LogP contribution is 2.19. The Kier molecular flexibility index (Phi) is 7.17. The number of benzene rings is 1. The van der Waals surface area contributed by atoms with Gasteiger partial charge < -0.3 is 10.1 Å². The molecule has 100 valence electrons. The van der Waals surface area contributed by atoms with Gasteiger partial charge in [-0.05, 0) is 25.5 Å². The summed E-state index contributed by atoms with van der Waals surface area (Å²) >= 11 is 6.02. The van der Waals surface area contributed by atoms with Crippen LogP contribution in [-0.2, 0) is 4.74 Å². The van der Waals surface area contributed by atoms with E-state index in [0.717, 1.165) is 18.7 Å². The number of nitrogens with zero attached hydrogens (tertiary/aromatic N) is 1. The van der Waals surface area contributed by atoms with E-state index in [1.54, 1.807) is 6.07 Å². The van der Waals surface area contributed by atoms with Gasteiger partial charge in [-0.2, -0.15) is 0 Å². The first-order valence-corrected chi connectivity index (χ1v) is 6.26. The van der Waals surface area contributed by atoms with E-state index in [0.29, 0.717) is 24.1 Å². The third-order valence-corrected chi connectivity index (χ3v) is 2.51. The molecule has 0 atom stereocenters. The first kappa shape index (κ1) is 14.8. The monoisotopic (exact) mass is 270 g/mol. The van der Waals surface area contributed by atoms with Crippen LogP contribution in [0.25, 0.3) is 0 Å². The molecule has 6 heteroatoms. The van der Waals surface area contributed by atoms with Crippen LogP contribution in [0.1, 0.15) is 13.3 Å². The summed E-state index contributed by atoms with van der Waals surface area (Å²) in [5.74, 6) is 5.88. The molecule has 0 saturated heterocycles. The number of hydrogen-bond acceptors (Lipinski definition) is 3. The van der Waals surface area contributed by atoms with Gasteiger partial charge in [0.1, 0.15) is 0 Å². The fourth-order valence-electron chi connectivity index (χ4n) is 1.31. The lowest BCUT2D eigenvalue weighted by molar-refractivity contribution is 0.146. The number of hydrazine groups is 1. The normalized spacial score (nSPS) is 11.4. The average molecular weight is 271 g/mol. The third-order valence-electron chi connectivity index (χ3n) is 2.18. The fraction of sp³-hybridized carbons (Fsp3) is 0.417. The molecule has 0 heterocycles.